The van der Waals surface area contributed by atoms with Gasteiger partial charge in [0.1, 0.15) is 17.4 Å². The number of methoxy groups -OCH3 is 1. The van der Waals surface area contributed by atoms with Crippen LogP contribution in [0.5, 0.6) is 5.75 Å². The molecule has 0 spiro atoms. The molecule has 214 valence electrons. The SMILES string of the molecule is COc1ccc(-c2nc3c(C(=O)N4CCN(C(C(N)=O)c5ccccc5)C[C@H]4C)cnn3c(C(F)(F)F)c2C)cc1. The largest absolute Gasteiger partial charge is 0.497 e. The number of nitrogens with zero attached hydrogens (tertiary/aromatic N) is 5. The van der Waals surface area contributed by atoms with Crippen LogP contribution in [0.1, 0.15) is 40.1 Å². The molecule has 1 fully saturated rings. The summed E-state index contributed by atoms with van der Waals surface area (Å²) in [6, 6.07) is 14.6. The number of aromatic nitrogens is 3. The Bertz CT molecular complexity index is 1590. The highest BCUT2D eigenvalue weighted by molar-refractivity contribution is 6.00. The molecule has 1 aliphatic heterocycles. The van der Waals surface area contributed by atoms with Gasteiger partial charge in [-0.05, 0) is 43.7 Å². The lowest BCUT2D eigenvalue weighted by molar-refractivity contribution is -0.143. The molecular formula is C29H29F3N6O3. The number of ether oxygens (including phenoxy) is 1. The molecule has 12 heteroatoms. The molecule has 2 aromatic heterocycles. The fourth-order valence-corrected chi connectivity index (χ4v) is 5.45. The zero-order valence-corrected chi connectivity index (χ0v) is 22.7. The van der Waals surface area contributed by atoms with Gasteiger partial charge >= 0.3 is 6.18 Å². The first-order valence-corrected chi connectivity index (χ1v) is 13.0. The van der Waals surface area contributed by atoms with E-state index in [1.807, 2.05) is 42.2 Å². The van der Waals surface area contributed by atoms with E-state index >= 15 is 0 Å². The molecule has 1 aliphatic rings. The number of fused-ring (bicyclic) bond motifs is 1. The molecule has 2 amide bonds. The van der Waals surface area contributed by atoms with Crippen LogP contribution in [-0.2, 0) is 11.0 Å². The van der Waals surface area contributed by atoms with E-state index < -0.39 is 29.7 Å². The topological polar surface area (TPSA) is 106 Å². The molecular weight excluding hydrogens is 537 g/mol. The Morgan fingerprint density at radius 3 is 2.34 bits per heavy atom. The molecule has 2 aromatic carbocycles. The summed E-state index contributed by atoms with van der Waals surface area (Å²) in [5.41, 5.74) is 5.68. The van der Waals surface area contributed by atoms with Gasteiger partial charge in [-0.25, -0.2) is 9.50 Å². The van der Waals surface area contributed by atoms with Crippen molar-refractivity contribution in [1.82, 2.24) is 24.4 Å². The molecule has 1 saturated heterocycles. The third-order valence-corrected chi connectivity index (χ3v) is 7.42. The van der Waals surface area contributed by atoms with E-state index in [2.05, 4.69) is 10.1 Å². The maximum absolute atomic E-state index is 14.3. The minimum Gasteiger partial charge on any atom is -0.497 e. The Hall–Kier alpha value is -4.45. The molecule has 0 aliphatic carbocycles. The van der Waals surface area contributed by atoms with Crippen molar-refractivity contribution >= 4 is 17.5 Å². The summed E-state index contributed by atoms with van der Waals surface area (Å²) in [5.74, 6) is -0.452. The van der Waals surface area contributed by atoms with Crippen molar-refractivity contribution in [3.63, 3.8) is 0 Å². The summed E-state index contributed by atoms with van der Waals surface area (Å²) in [5, 5.41) is 3.95. The first kappa shape index (κ1) is 28.1. The first-order valence-electron chi connectivity index (χ1n) is 13.0. The molecule has 0 radical (unpaired) electrons. The number of hydrogen-bond acceptors (Lipinski definition) is 6. The van der Waals surface area contributed by atoms with Crippen molar-refractivity contribution in [2.75, 3.05) is 26.7 Å². The molecule has 1 unspecified atom stereocenters. The van der Waals surface area contributed by atoms with Crippen LogP contribution in [-0.4, -0.2) is 69.0 Å². The highest BCUT2D eigenvalue weighted by Crippen LogP contribution is 2.37. The van der Waals surface area contributed by atoms with Crippen molar-refractivity contribution in [2.24, 2.45) is 5.73 Å². The van der Waals surface area contributed by atoms with Gasteiger partial charge < -0.3 is 15.4 Å². The lowest BCUT2D eigenvalue weighted by Gasteiger charge is -2.42. The number of piperazine rings is 1. The number of carbonyl (C=O) groups is 2. The Morgan fingerprint density at radius 1 is 1.07 bits per heavy atom. The van der Waals surface area contributed by atoms with Crippen LogP contribution in [0.4, 0.5) is 13.2 Å². The first-order chi connectivity index (χ1) is 19.5. The van der Waals surface area contributed by atoms with E-state index in [0.717, 1.165) is 11.8 Å². The second-order valence-electron chi connectivity index (χ2n) is 10.0. The van der Waals surface area contributed by atoms with Crippen molar-refractivity contribution in [3.05, 3.63) is 83.2 Å². The average molecular weight is 567 g/mol. The third kappa shape index (κ3) is 5.22. The Morgan fingerprint density at radius 2 is 1.76 bits per heavy atom. The van der Waals surface area contributed by atoms with Gasteiger partial charge in [0.15, 0.2) is 11.3 Å². The van der Waals surface area contributed by atoms with Crippen LogP contribution in [0, 0.1) is 6.92 Å². The Labute approximate surface area is 234 Å². The van der Waals surface area contributed by atoms with E-state index in [4.69, 9.17) is 10.5 Å². The predicted molar refractivity (Wildman–Crippen MR) is 145 cm³/mol. The van der Waals surface area contributed by atoms with Gasteiger partial charge in [-0.2, -0.15) is 18.3 Å². The minimum absolute atomic E-state index is 0.0416. The lowest BCUT2D eigenvalue weighted by Crippen LogP contribution is -2.56. The molecule has 0 saturated carbocycles. The highest BCUT2D eigenvalue weighted by atomic mass is 19.4. The molecule has 4 aromatic rings. The van der Waals surface area contributed by atoms with Crippen LogP contribution in [0.15, 0.2) is 60.8 Å². The number of benzene rings is 2. The summed E-state index contributed by atoms with van der Waals surface area (Å²) in [4.78, 5) is 34.1. The Kier molecular flexibility index (Phi) is 7.43. The molecule has 3 heterocycles. The molecule has 2 atom stereocenters. The number of alkyl halides is 3. The van der Waals surface area contributed by atoms with Crippen molar-refractivity contribution in [1.29, 1.82) is 0 Å². The van der Waals surface area contributed by atoms with Crippen molar-refractivity contribution in [3.8, 4) is 17.0 Å². The van der Waals surface area contributed by atoms with Crippen LogP contribution < -0.4 is 10.5 Å². The number of rotatable bonds is 6. The number of carbonyl (C=O) groups excluding carboxylic acids is 2. The number of halogens is 3. The third-order valence-electron chi connectivity index (χ3n) is 7.42. The van der Waals surface area contributed by atoms with Gasteiger partial charge in [0, 0.05) is 36.8 Å². The normalized spacial score (nSPS) is 17.0. The monoisotopic (exact) mass is 566 g/mol. The van der Waals surface area contributed by atoms with Crippen LogP contribution in [0.2, 0.25) is 0 Å². The zero-order chi connectivity index (χ0) is 29.5. The van der Waals surface area contributed by atoms with Gasteiger partial charge in [0.05, 0.1) is 19.0 Å². The van der Waals surface area contributed by atoms with Gasteiger partial charge in [0.25, 0.3) is 5.91 Å². The fraction of sp³-hybridized carbons (Fsp3) is 0.310. The summed E-state index contributed by atoms with van der Waals surface area (Å²) < 4.78 is 48.7. The molecule has 9 nitrogen and oxygen atoms in total. The van der Waals surface area contributed by atoms with Crippen molar-refractivity contribution < 1.29 is 27.5 Å². The van der Waals surface area contributed by atoms with E-state index in [0.29, 0.717) is 28.9 Å². The van der Waals surface area contributed by atoms with E-state index in [1.54, 1.807) is 29.2 Å². The minimum atomic E-state index is -4.75. The van der Waals surface area contributed by atoms with Crippen molar-refractivity contribution in [2.45, 2.75) is 32.1 Å². The molecule has 5 rings (SSSR count). The van der Waals surface area contributed by atoms with Gasteiger partial charge in [0.2, 0.25) is 5.91 Å². The molecule has 0 bridgehead atoms. The fourth-order valence-electron chi connectivity index (χ4n) is 5.45. The summed E-state index contributed by atoms with van der Waals surface area (Å²) in [7, 11) is 1.49. The van der Waals surface area contributed by atoms with Gasteiger partial charge in [-0.1, -0.05) is 30.3 Å². The predicted octanol–water partition coefficient (Wildman–Crippen LogP) is 4.11. The van der Waals surface area contributed by atoms with Gasteiger partial charge in [-0.3, -0.25) is 14.5 Å². The van der Waals surface area contributed by atoms with E-state index in [9.17, 15) is 22.8 Å². The second kappa shape index (κ2) is 10.8. The van der Waals surface area contributed by atoms with Crippen LogP contribution >= 0.6 is 0 Å². The average Bonchev–Trinajstić information content (AvgIpc) is 3.35. The summed E-state index contributed by atoms with van der Waals surface area (Å²) in [6.45, 7) is 4.07. The zero-order valence-electron chi connectivity index (χ0n) is 22.7. The second-order valence-corrected chi connectivity index (χ2v) is 10.0. The summed E-state index contributed by atoms with van der Waals surface area (Å²) >= 11 is 0. The quantitative estimate of drug-likeness (QED) is 0.377. The molecule has 2 N–H and O–H groups in total. The maximum Gasteiger partial charge on any atom is 0.433 e. The molecule has 41 heavy (non-hydrogen) atoms. The number of hydrogen-bond donors (Lipinski definition) is 1. The summed E-state index contributed by atoms with van der Waals surface area (Å²) in [6.07, 6.45) is -3.62. The van der Waals surface area contributed by atoms with Gasteiger partial charge in [-0.15, -0.1) is 0 Å². The van der Waals surface area contributed by atoms with Crippen LogP contribution in [0.3, 0.4) is 0 Å². The number of nitrogens with two attached hydrogens (primary N) is 1. The van der Waals surface area contributed by atoms with Crippen LogP contribution in [0.25, 0.3) is 16.9 Å². The smallest absolute Gasteiger partial charge is 0.433 e. The Balaban J connectivity index is 1.50. The van der Waals surface area contributed by atoms with E-state index in [-0.39, 0.29) is 35.1 Å². The number of primary amides is 1. The maximum atomic E-state index is 14.3. The standard InChI is InChI=1S/C29H29F3N6O3/c1-17-16-36(24(26(33)39)20-7-5-4-6-8-20)13-14-37(17)28(40)22-15-34-38-25(29(30,31)32)18(2)23(35-27(22)38)19-9-11-21(41-3)12-10-19/h4-12,15,17,24H,13-14,16H2,1-3H3,(H2,33,39)/t17-,24?/m1/s1. The highest BCUT2D eigenvalue weighted by Gasteiger charge is 2.40. The lowest BCUT2D eigenvalue weighted by atomic mass is 10.0. The van der Waals surface area contributed by atoms with E-state index in [1.165, 1.54) is 14.0 Å². The number of amides is 2.